The van der Waals surface area contributed by atoms with Crippen LogP contribution in [0.15, 0.2) is 35.7 Å². The van der Waals surface area contributed by atoms with Gasteiger partial charge in [0.1, 0.15) is 10.6 Å². The molecule has 0 saturated heterocycles. The number of rotatable bonds is 3. The SMILES string of the molecule is NC(=O)c1ccc(Oc2nc(N)nc3sccc23)cc1. The van der Waals surface area contributed by atoms with Crippen molar-refractivity contribution in [2.45, 2.75) is 0 Å². The van der Waals surface area contributed by atoms with Crippen LogP contribution in [0.25, 0.3) is 10.2 Å². The Balaban J connectivity index is 1.96. The second kappa shape index (κ2) is 4.78. The number of nitrogen functional groups attached to an aromatic ring is 1. The predicted molar refractivity (Wildman–Crippen MR) is 76.9 cm³/mol. The zero-order chi connectivity index (χ0) is 14.1. The molecule has 3 rings (SSSR count). The molecular weight excluding hydrogens is 276 g/mol. The van der Waals surface area contributed by atoms with Crippen LogP contribution >= 0.6 is 11.3 Å². The van der Waals surface area contributed by atoms with Gasteiger partial charge < -0.3 is 16.2 Å². The molecule has 0 spiro atoms. The van der Waals surface area contributed by atoms with Gasteiger partial charge in [0.25, 0.3) is 0 Å². The molecule has 0 aliphatic carbocycles. The van der Waals surface area contributed by atoms with Gasteiger partial charge >= 0.3 is 0 Å². The zero-order valence-electron chi connectivity index (χ0n) is 10.2. The number of primary amides is 1. The van der Waals surface area contributed by atoms with Crippen molar-refractivity contribution in [3.63, 3.8) is 0 Å². The van der Waals surface area contributed by atoms with E-state index in [9.17, 15) is 4.79 Å². The molecule has 2 heterocycles. The molecule has 0 fully saturated rings. The Morgan fingerprint density at radius 2 is 1.90 bits per heavy atom. The first-order valence-corrected chi connectivity index (χ1v) is 6.60. The lowest BCUT2D eigenvalue weighted by atomic mass is 10.2. The van der Waals surface area contributed by atoms with Crippen LogP contribution in [0.1, 0.15) is 10.4 Å². The summed E-state index contributed by atoms with van der Waals surface area (Å²) in [4.78, 5) is 20.0. The lowest BCUT2D eigenvalue weighted by molar-refractivity contribution is 0.100. The maximum atomic E-state index is 11.0. The quantitative estimate of drug-likeness (QED) is 0.767. The highest BCUT2D eigenvalue weighted by molar-refractivity contribution is 7.16. The minimum Gasteiger partial charge on any atom is -0.438 e. The number of nitrogens with two attached hydrogens (primary N) is 2. The molecule has 3 aromatic rings. The maximum absolute atomic E-state index is 11.0. The van der Waals surface area contributed by atoms with Gasteiger partial charge in [-0.1, -0.05) is 0 Å². The van der Waals surface area contributed by atoms with Crippen molar-refractivity contribution < 1.29 is 9.53 Å². The Hall–Kier alpha value is -2.67. The third-order valence-corrected chi connectivity index (χ3v) is 3.47. The lowest BCUT2D eigenvalue weighted by Gasteiger charge is -2.06. The Labute approximate surface area is 118 Å². The molecule has 7 heteroatoms. The standard InChI is InChI=1S/C13H10N4O2S/c14-10(18)7-1-3-8(4-2-7)19-11-9-5-6-20-12(9)17-13(15)16-11/h1-6H,(H2,14,18)(H2,15,16,17). The summed E-state index contributed by atoms with van der Waals surface area (Å²) < 4.78 is 5.69. The number of hydrogen-bond acceptors (Lipinski definition) is 6. The van der Waals surface area contributed by atoms with Crippen molar-refractivity contribution >= 4 is 33.4 Å². The van der Waals surface area contributed by atoms with E-state index in [1.807, 2.05) is 11.4 Å². The lowest BCUT2D eigenvalue weighted by Crippen LogP contribution is -2.10. The van der Waals surface area contributed by atoms with E-state index in [1.165, 1.54) is 11.3 Å². The first-order valence-electron chi connectivity index (χ1n) is 5.72. The Kier molecular flexibility index (Phi) is 2.96. The number of aromatic nitrogens is 2. The van der Waals surface area contributed by atoms with Crippen LogP contribution in [0, 0.1) is 0 Å². The summed E-state index contributed by atoms with van der Waals surface area (Å²) in [7, 11) is 0. The topological polar surface area (TPSA) is 104 Å². The van der Waals surface area contributed by atoms with Gasteiger partial charge in [-0.2, -0.15) is 4.98 Å². The Bertz CT molecular complexity index is 783. The highest BCUT2D eigenvalue weighted by atomic mass is 32.1. The number of carbonyl (C=O) groups excluding carboxylic acids is 1. The molecule has 0 bridgehead atoms. The minimum atomic E-state index is -0.483. The number of fused-ring (bicyclic) bond motifs is 1. The fraction of sp³-hybridized carbons (Fsp3) is 0. The van der Waals surface area contributed by atoms with E-state index in [0.29, 0.717) is 17.2 Å². The summed E-state index contributed by atoms with van der Waals surface area (Å²) in [6, 6.07) is 8.35. The fourth-order valence-corrected chi connectivity index (χ4v) is 2.48. The number of thiophene rings is 1. The molecular formula is C13H10N4O2S. The Morgan fingerprint density at radius 3 is 2.60 bits per heavy atom. The molecule has 1 aromatic carbocycles. The van der Waals surface area contributed by atoms with E-state index < -0.39 is 5.91 Å². The van der Waals surface area contributed by atoms with Gasteiger partial charge in [-0.15, -0.1) is 11.3 Å². The third-order valence-electron chi connectivity index (χ3n) is 2.66. The van der Waals surface area contributed by atoms with Crippen LogP contribution in [-0.4, -0.2) is 15.9 Å². The largest absolute Gasteiger partial charge is 0.438 e. The minimum absolute atomic E-state index is 0.156. The van der Waals surface area contributed by atoms with Crippen LogP contribution in [-0.2, 0) is 0 Å². The van der Waals surface area contributed by atoms with Gasteiger partial charge in [-0.25, -0.2) is 4.98 Å². The van der Waals surface area contributed by atoms with Crippen LogP contribution in [0.2, 0.25) is 0 Å². The molecule has 0 radical (unpaired) electrons. The highest BCUT2D eigenvalue weighted by Gasteiger charge is 2.10. The van der Waals surface area contributed by atoms with E-state index in [0.717, 1.165) is 10.2 Å². The smallest absolute Gasteiger partial charge is 0.248 e. The molecule has 0 saturated carbocycles. The highest BCUT2D eigenvalue weighted by Crippen LogP contribution is 2.30. The number of carbonyl (C=O) groups is 1. The first kappa shape index (κ1) is 12.4. The van der Waals surface area contributed by atoms with Crippen molar-refractivity contribution in [3.8, 4) is 11.6 Å². The molecule has 0 aliphatic rings. The van der Waals surface area contributed by atoms with Crippen LogP contribution < -0.4 is 16.2 Å². The summed E-state index contributed by atoms with van der Waals surface area (Å²) >= 11 is 1.46. The van der Waals surface area contributed by atoms with E-state index in [-0.39, 0.29) is 5.95 Å². The molecule has 100 valence electrons. The van der Waals surface area contributed by atoms with E-state index in [4.69, 9.17) is 16.2 Å². The third kappa shape index (κ3) is 2.26. The number of benzene rings is 1. The Morgan fingerprint density at radius 1 is 1.15 bits per heavy atom. The van der Waals surface area contributed by atoms with E-state index >= 15 is 0 Å². The molecule has 1 amide bonds. The van der Waals surface area contributed by atoms with Gasteiger partial charge in [-0.3, -0.25) is 4.79 Å². The normalized spacial score (nSPS) is 10.6. The summed E-state index contributed by atoms with van der Waals surface area (Å²) in [5.74, 6) is 0.605. The fourth-order valence-electron chi connectivity index (χ4n) is 1.72. The van der Waals surface area contributed by atoms with Crippen molar-refractivity contribution in [2.75, 3.05) is 5.73 Å². The van der Waals surface area contributed by atoms with Crippen LogP contribution in [0.4, 0.5) is 5.95 Å². The van der Waals surface area contributed by atoms with Gasteiger partial charge in [0.15, 0.2) is 0 Å². The van der Waals surface area contributed by atoms with Gasteiger partial charge in [-0.05, 0) is 35.7 Å². The van der Waals surface area contributed by atoms with E-state index in [1.54, 1.807) is 24.3 Å². The molecule has 0 unspecified atom stereocenters. The molecule has 2 aromatic heterocycles. The second-order valence-electron chi connectivity index (χ2n) is 4.02. The molecule has 4 N–H and O–H groups in total. The summed E-state index contributed by atoms with van der Waals surface area (Å²) in [5.41, 5.74) is 11.2. The van der Waals surface area contributed by atoms with Gasteiger partial charge in [0.05, 0.1) is 5.39 Å². The number of amides is 1. The average molecular weight is 286 g/mol. The van der Waals surface area contributed by atoms with Gasteiger partial charge in [0.2, 0.25) is 17.7 Å². The van der Waals surface area contributed by atoms with Crippen molar-refractivity contribution in [1.82, 2.24) is 9.97 Å². The van der Waals surface area contributed by atoms with Crippen LogP contribution in [0.3, 0.4) is 0 Å². The second-order valence-corrected chi connectivity index (χ2v) is 4.91. The van der Waals surface area contributed by atoms with Crippen molar-refractivity contribution in [1.29, 1.82) is 0 Å². The molecule has 0 aliphatic heterocycles. The predicted octanol–water partition coefficient (Wildman–Crippen LogP) is 2.16. The maximum Gasteiger partial charge on any atom is 0.248 e. The van der Waals surface area contributed by atoms with Crippen molar-refractivity contribution in [3.05, 3.63) is 41.3 Å². The molecule has 20 heavy (non-hydrogen) atoms. The number of nitrogens with zero attached hydrogens (tertiary/aromatic N) is 2. The summed E-state index contributed by atoms with van der Waals surface area (Å²) in [6.07, 6.45) is 0. The monoisotopic (exact) mass is 286 g/mol. The average Bonchev–Trinajstić information content (AvgIpc) is 2.87. The molecule has 0 atom stereocenters. The van der Waals surface area contributed by atoms with Gasteiger partial charge in [0, 0.05) is 5.56 Å². The summed E-state index contributed by atoms with van der Waals surface area (Å²) in [5, 5.41) is 2.69. The van der Waals surface area contributed by atoms with Crippen LogP contribution in [0.5, 0.6) is 11.6 Å². The van der Waals surface area contributed by atoms with E-state index in [2.05, 4.69) is 9.97 Å². The number of anilines is 1. The van der Waals surface area contributed by atoms with Crippen molar-refractivity contribution in [2.24, 2.45) is 5.73 Å². The zero-order valence-corrected chi connectivity index (χ0v) is 11.1. The number of hydrogen-bond donors (Lipinski definition) is 2. The number of ether oxygens (including phenoxy) is 1. The first-order chi connectivity index (χ1) is 9.63. The molecule has 6 nitrogen and oxygen atoms in total. The summed E-state index contributed by atoms with van der Waals surface area (Å²) in [6.45, 7) is 0.